The minimum atomic E-state index is -1.79. The number of hydrogen-bond donors (Lipinski definition) is 0. The average molecular weight is 339 g/mol. The molecule has 2 aliphatic heterocycles. The molecule has 5 heteroatoms. The first-order valence-corrected chi connectivity index (χ1v) is 11.4. The third-order valence-electron chi connectivity index (χ3n) is 5.82. The minimum Gasteiger partial charge on any atom is -0.417 e. The summed E-state index contributed by atoms with van der Waals surface area (Å²) in [5.74, 6) is -0.226. The van der Waals surface area contributed by atoms with E-state index >= 15 is 0 Å². The molecule has 1 fully saturated rings. The van der Waals surface area contributed by atoms with Crippen molar-refractivity contribution in [2.24, 2.45) is 5.92 Å². The fraction of sp³-hybridized carbons (Fsp3) is 0.778. The first-order chi connectivity index (χ1) is 10.4. The van der Waals surface area contributed by atoms with E-state index in [-0.39, 0.29) is 23.2 Å². The molecule has 0 N–H and O–H groups in total. The standard InChI is InChI=1S/C18H30O4Si/c1-16(2,3)23(5,6)21-12-10-18-9-8-17(4,22-18)14(7-11-19)15(20)13-18/h8-9,11,14H,7,10,12-13H2,1-6H3/t14-,17-,18-/m1/s1. The predicted molar refractivity (Wildman–Crippen MR) is 92.9 cm³/mol. The van der Waals surface area contributed by atoms with Gasteiger partial charge in [0.05, 0.1) is 17.1 Å². The van der Waals surface area contributed by atoms with Crippen LogP contribution in [0.1, 0.15) is 47.0 Å². The molecule has 0 aromatic heterocycles. The molecular formula is C18H30O4Si. The van der Waals surface area contributed by atoms with Crippen LogP contribution in [0.5, 0.6) is 0 Å². The minimum absolute atomic E-state index is 0.128. The van der Waals surface area contributed by atoms with Gasteiger partial charge >= 0.3 is 0 Å². The third-order valence-corrected chi connectivity index (χ3v) is 10.4. The zero-order valence-electron chi connectivity index (χ0n) is 15.3. The van der Waals surface area contributed by atoms with Crippen molar-refractivity contribution in [2.75, 3.05) is 6.61 Å². The van der Waals surface area contributed by atoms with Crippen LogP contribution >= 0.6 is 0 Å². The normalized spacial score (nSPS) is 34.0. The van der Waals surface area contributed by atoms with Gasteiger partial charge in [0.2, 0.25) is 0 Å². The van der Waals surface area contributed by atoms with Crippen LogP contribution in [0.4, 0.5) is 0 Å². The fourth-order valence-corrected chi connectivity index (χ4v) is 4.27. The maximum Gasteiger partial charge on any atom is 0.191 e. The highest BCUT2D eigenvalue weighted by Gasteiger charge is 2.54. The fourth-order valence-electron chi connectivity index (χ4n) is 3.22. The van der Waals surface area contributed by atoms with E-state index in [1.54, 1.807) is 0 Å². The molecule has 0 amide bonds. The van der Waals surface area contributed by atoms with E-state index in [2.05, 4.69) is 33.9 Å². The first-order valence-electron chi connectivity index (χ1n) is 8.46. The maximum atomic E-state index is 12.5. The van der Waals surface area contributed by atoms with Crippen LogP contribution < -0.4 is 0 Å². The molecule has 0 saturated carbocycles. The highest BCUT2D eigenvalue weighted by atomic mass is 28.4. The Morgan fingerprint density at radius 2 is 2.04 bits per heavy atom. The summed E-state index contributed by atoms with van der Waals surface area (Å²) in [6.07, 6.45) is 6.07. The summed E-state index contributed by atoms with van der Waals surface area (Å²) >= 11 is 0. The smallest absolute Gasteiger partial charge is 0.191 e. The van der Waals surface area contributed by atoms with Gasteiger partial charge in [-0.15, -0.1) is 0 Å². The summed E-state index contributed by atoms with van der Waals surface area (Å²) < 4.78 is 12.5. The second-order valence-corrected chi connectivity index (χ2v) is 13.5. The van der Waals surface area contributed by atoms with Gasteiger partial charge in [0.1, 0.15) is 12.1 Å². The molecule has 130 valence electrons. The van der Waals surface area contributed by atoms with Gasteiger partial charge in [-0.1, -0.05) is 32.9 Å². The molecule has 4 nitrogen and oxygen atoms in total. The topological polar surface area (TPSA) is 52.6 Å². The summed E-state index contributed by atoms with van der Waals surface area (Å²) in [7, 11) is -1.79. The predicted octanol–water partition coefficient (Wildman–Crippen LogP) is 3.66. The molecule has 2 heterocycles. The third kappa shape index (κ3) is 3.51. The van der Waals surface area contributed by atoms with Gasteiger partial charge in [0.25, 0.3) is 0 Å². The van der Waals surface area contributed by atoms with Gasteiger partial charge in [0, 0.05) is 25.9 Å². The maximum absolute atomic E-state index is 12.5. The quantitative estimate of drug-likeness (QED) is 0.421. The molecule has 0 aliphatic carbocycles. The van der Waals surface area contributed by atoms with Crippen molar-refractivity contribution in [1.29, 1.82) is 0 Å². The summed E-state index contributed by atoms with van der Waals surface area (Å²) in [6.45, 7) is 13.6. The SMILES string of the molecule is CC(C)(C)[Si](C)(C)OCC[C@@]12C=C[C@@](C)(O1)[C@H](CC=O)C(=O)C2. The van der Waals surface area contributed by atoms with Crippen molar-refractivity contribution in [2.45, 2.75) is 76.3 Å². The van der Waals surface area contributed by atoms with Gasteiger partial charge in [-0.3, -0.25) is 4.79 Å². The van der Waals surface area contributed by atoms with Crippen molar-refractivity contribution in [3.8, 4) is 0 Å². The molecule has 0 unspecified atom stereocenters. The molecule has 2 bridgehead atoms. The first kappa shape index (κ1) is 18.6. The molecule has 2 rings (SSSR count). The Labute approximate surface area is 140 Å². The zero-order chi connectivity index (χ0) is 17.5. The van der Waals surface area contributed by atoms with Gasteiger partial charge in [-0.2, -0.15) is 0 Å². The number of carbonyl (C=O) groups excluding carboxylic acids is 2. The van der Waals surface area contributed by atoms with E-state index in [0.29, 0.717) is 19.4 Å². The van der Waals surface area contributed by atoms with Crippen LogP contribution in [0.15, 0.2) is 12.2 Å². The number of ketones is 1. The van der Waals surface area contributed by atoms with Gasteiger partial charge in [-0.05, 0) is 25.1 Å². The zero-order valence-corrected chi connectivity index (χ0v) is 16.3. The Bertz CT molecular complexity index is 520. The molecule has 0 aromatic rings. The van der Waals surface area contributed by atoms with Crippen LogP contribution in [0.2, 0.25) is 18.1 Å². The second-order valence-electron chi connectivity index (χ2n) is 8.64. The van der Waals surface area contributed by atoms with Gasteiger partial charge < -0.3 is 14.0 Å². The number of Topliss-reactive ketones (excluding diaryl/α,β-unsaturated/α-hetero) is 1. The molecule has 0 radical (unpaired) electrons. The summed E-state index contributed by atoms with van der Waals surface area (Å²) in [5.41, 5.74) is -1.19. The Morgan fingerprint density at radius 1 is 1.39 bits per heavy atom. The number of fused-ring (bicyclic) bond motifs is 2. The Hall–Kier alpha value is -0.783. The lowest BCUT2D eigenvalue weighted by molar-refractivity contribution is -0.170. The number of carbonyl (C=O) groups is 2. The molecule has 3 atom stereocenters. The van der Waals surface area contributed by atoms with E-state index in [9.17, 15) is 9.59 Å². The Balaban J connectivity index is 2.02. The largest absolute Gasteiger partial charge is 0.417 e. The van der Waals surface area contributed by atoms with E-state index < -0.39 is 19.5 Å². The van der Waals surface area contributed by atoms with Crippen LogP contribution in [0, 0.1) is 5.92 Å². The van der Waals surface area contributed by atoms with E-state index in [4.69, 9.17) is 9.16 Å². The lowest BCUT2D eigenvalue weighted by atomic mass is 9.79. The van der Waals surface area contributed by atoms with E-state index in [0.717, 1.165) is 6.29 Å². The summed E-state index contributed by atoms with van der Waals surface area (Å²) in [5, 5.41) is 0.170. The molecule has 2 aliphatic rings. The van der Waals surface area contributed by atoms with Crippen molar-refractivity contribution in [3.63, 3.8) is 0 Å². The number of rotatable bonds is 6. The van der Waals surface area contributed by atoms with Crippen molar-refractivity contribution >= 4 is 20.4 Å². The molecule has 0 spiro atoms. The lowest BCUT2D eigenvalue weighted by Crippen LogP contribution is -2.51. The number of ether oxygens (including phenoxy) is 1. The molecule has 1 saturated heterocycles. The van der Waals surface area contributed by atoms with E-state index in [1.807, 2.05) is 19.1 Å². The van der Waals surface area contributed by atoms with Gasteiger partial charge in [0.15, 0.2) is 8.32 Å². The Kier molecular flexibility index (Phi) is 4.79. The second kappa shape index (κ2) is 5.94. The molecule has 0 aromatic carbocycles. The molecular weight excluding hydrogens is 308 g/mol. The lowest BCUT2D eigenvalue weighted by Gasteiger charge is -2.43. The van der Waals surface area contributed by atoms with Crippen LogP contribution in [0.3, 0.4) is 0 Å². The summed E-state index contributed by atoms with van der Waals surface area (Å²) in [6, 6.07) is 0. The number of aldehydes is 1. The van der Waals surface area contributed by atoms with Crippen LogP contribution in [-0.2, 0) is 18.8 Å². The Morgan fingerprint density at radius 3 is 2.61 bits per heavy atom. The van der Waals surface area contributed by atoms with Gasteiger partial charge in [-0.25, -0.2) is 0 Å². The average Bonchev–Trinajstić information content (AvgIpc) is 2.68. The van der Waals surface area contributed by atoms with Crippen LogP contribution in [0.25, 0.3) is 0 Å². The monoisotopic (exact) mass is 338 g/mol. The van der Waals surface area contributed by atoms with Crippen molar-refractivity contribution in [1.82, 2.24) is 0 Å². The van der Waals surface area contributed by atoms with Crippen LogP contribution in [-0.4, -0.2) is 38.2 Å². The highest BCUT2D eigenvalue weighted by molar-refractivity contribution is 6.74. The number of hydrogen-bond acceptors (Lipinski definition) is 4. The van der Waals surface area contributed by atoms with E-state index in [1.165, 1.54) is 0 Å². The van der Waals surface area contributed by atoms with Crippen molar-refractivity contribution in [3.05, 3.63) is 12.2 Å². The highest BCUT2D eigenvalue weighted by Crippen LogP contribution is 2.47. The van der Waals surface area contributed by atoms with Crippen molar-refractivity contribution < 1.29 is 18.8 Å². The summed E-state index contributed by atoms with van der Waals surface area (Å²) in [4.78, 5) is 23.3. The molecule has 23 heavy (non-hydrogen) atoms.